The molecule has 0 radical (unpaired) electrons. The second-order valence-electron chi connectivity index (χ2n) is 7.10. The van der Waals surface area contributed by atoms with Crippen molar-refractivity contribution in [2.45, 2.75) is 0 Å². The van der Waals surface area contributed by atoms with Crippen molar-refractivity contribution in [2.75, 3.05) is 25.1 Å². The van der Waals surface area contributed by atoms with Gasteiger partial charge in [-0.25, -0.2) is 0 Å². The average Bonchev–Trinajstić information content (AvgIpc) is 3.08. The number of carbonyl (C=O) groups is 2. The molecule has 0 atom stereocenters. The van der Waals surface area contributed by atoms with Gasteiger partial charge in [0.05, 0.1) is 16.5 Å². The molecule has 5 nitrogen and oxygen atoms in total. The molecule has 1 heterocycles. The fourth-order valence-electron chi connectivity index (χ4n) is 3.25. The summed E-state index contributed by atoms with van der Waals surface area (Å²) < 4.78 is 5.61. The Balaban J connectivity index is 1.39. The van der Waals surface area contributed by atoms with Crippen LogP contribution < -0.4 is 9.64 Å². The number of halogens is 1. The highest BCUT2D eigenvalue weighted by molar-refractivity contribution is 8.18. The van der Waals surface area contributed by atoms with Gasteiger partial charge >= 0.3 is 0 Å². The number of carbonyl (C=O) groups excluding carboxylic acids is 2. The topological polar surface area (TPSA) is 49.9 Å². The van der Waals surface area contributed by atoms with E-state index in [0.717, 1.165) is 28.7 Å². The molecule has 1 saturated heterocycles. The smallest absolute Gasteiger partial charge is 0.293 e. The van der Waals surface area contributed by atoms with E-state index in [1.165, 1.54) is 4.90 Å². The lowest BCUT2D eigenvalue weighted by molar-refractivity contribution is -0.123. The van der Waals surface area contributed by atoms with E-state index in [1.807, 2.05) is 73.8 Å². The summed E-state index contributed by atoms with van der Waals surface area (Å²) in [4.78, 5) is 28.7. The maximum Gasteiger partial charge on any atom is 0.293 e. The Hall–Kier alpha value is -3.22. The van der Waals surface area contributed by atoms with Gasteiger partial charge in [0, 0.05) is 18.4 Å². The van der Waals surface area contributed by atoms with Crippen LogP contribution in [0, 0.1) is 0 Å². The van der Waals surface area contributed by atoms with Crippen LogP contribution in [0.3, 0.4) is 0 Å². The number of para-hydroxylation sites is 2. The van der Waals surface area contributed by atoms with Crippen molar-refractivity contribution in [3.8, 4) is 5.75 Å². The van der Waals surface area contributed by atoms with Crippen molar-refractivity contribution >= 4 is 52.0 Å². The highest BCUT2D eigenvalue weighted by atomic mass is 35.5. The molecule has 0 N–H and O–H groups in total. The molecule has 162 valence electrons. The Kier molecular flexibility index (Phi) is 6.83. The van der Waals surface area contributed by atoms with Crippen LogP contribution in [0.4, 0.5) is 16.2 Å². The average molecular weight is 465 g/mol. The van der Waals surface area contributed by atoms with Crippen LogP contribution in [-0.4, -0.2) is 36.2 Å². The summed E-state index contributed by atoms with van der Waals surface area (Å²) in [6.07, 6.45) is 1.74. The van der Waals surface area contributed by atoms with Gasteiger partial charge in [-0.15, -0.1) is 0 Å². The van der Waals surface area contributed by atoms with Gasteiger partial charge in [0.25, 0.3) is 11.1 Å². The lowest BCUT2D eigenvalue weighted by atomic mass is 10.1. The monoisotopic (exact) mass is 464 g/mol. The van der Waals surface area contributed by atoms with E-state index in [1.54, 1.807) is 18.2 Å². The number of imide groups is 1. The molecule has 0 saturated carbocycles. The fraction of sp³-hybridized carbons (Fsp3) is 0.120. The number of benzene rings is 3. The molecule has 0 spiro atoms. The van der Waals surface area contributed by atoms with E-state index in [9.17, 15) is 9.59 Å². The zero-order valence-electron chi connectivity index (χ0n) is 17.4. The van der Waals surface area contributed by atoms with Gasteiger partial charge in [0.1, 0.15) is 12.4 Å². The predicted molar refractivity (Wildman–Crippen MR) is 131 cm³/mol. The third kappa shape index (κ3) is 4.98. The van der Waals surface area contributed by atoms with Crippen LogP contribution in [-0.2, 0) is 4.79 Å². The van der Waals surface area contributed by atoms with E-state index >= 15 is 0 Å². The molecule has 1 aliphatic rings. The van der Waals surface area contributed by atoms with Gasteiger partial charge in [-0.3, -0.25) is 14.5 Å². The Morgan fingerprint density at radius 3 is 2.31 bits per heavy atom. The summed E-state index contributed by atoms with van der Waals surface area (Å²) >= 11 is 7.01. The molecule has 4 rings (SSSR count). The van der Waals surface area contributed by atoms with E-state index in [4.69, 9.17) is 16.3 Å². The first-order chi connectivity index (χ1) is 15.5. The van der Waals surface area contributed by atoms with Gasteiger partial charge in [0.15, 0.2) is 0 Å². The summed E-state index contributed by atoms with van der Waals surface area (Å²) in [6, 6.07) is 25.0. The van der Waals surface area contributed by atoms with E-state index < -0.39 is 0 Å². The van der Waals surface area contributed by atoms with Crippen molar-refractivity contribution in [3.63, 3.8) is 0 Å². The SMILES string of the molecule is CN(c1ccccc1)c1ccc(/C=C2\SC(=O)N(CCOc3ccccc3Cl)C2=O)cc1. The van der Waals surface area contributed by atoms with Gasteiger partial charge in [-0.1, -0.05) is 54.1 Å². The van der Waals surface area contributed by atoms with E-state index in [0.29, 0.717) is 15.7 Å². The highest BCUT2D eigenvalue weighted by Gasteiger charge is 2.34. The molecule has 32 heavy (non-hydrogen) atoms. The first kappa shape index (κ1) is 22.0. The molecule has 0 aliphatic carbocycles. The summed E-state index contributed by atoms with van der Waals surface area (Å²) in [5.74, 6) is 0.213. The standard InChI is InChI=1S/C25H21ClN2O3S/c1-27(19-7-3-2-4-8-19)20-13-11-18(12-14-20)17-23-24(29)28(25(30)32-23)15-16-31-22-10-6-5-9-21(22)26/h2-14,17H,15-16H2,1H3/b23-17-. The summed E-state index contributed by atoms with van der Waals surface area (Å²) in [6.45, 7) is 0.337. The van der Waals surface area contributed by atoms with Crippen LogP contribution >= 0.6 is 23.4 Å². The molecule has 0 aromatic heterocycles. The first-order valence-corrected chi connectivity index (χ1v) is 11.2. The summed E-state index contributed by atoms with van der Waals surface area (Å²) in [7, 11) is 2.00. The highest BCUT2D eigenvalue weighted by Crippen LogP contribution is 2.33. The fourth-order valence-corrected chi connectivity index (χ4v) is 4.30. The third-order valence-electron chi connectivity index (χ3n) is 5.00. The molecule has 0 bridgehead atoms. The number of thioether (sulfide) groups is 1. The molecular weight excluding hydrogens is 444 g/mol. The van der Waals surface area contributed by atoms with Gasteiger partial charge in [-0.2, -0.15) is 0 Å². The maximum atomic E-state index is 12.7. The summed E-state index contributed by atoms with van der Waals surface area (Å²) in [5, 5.41) is 0.187. The minimum Gasteiger partial charge on any atom is -0.490 e. The Bertz CT molecular complexity index is 1150. The second kappa shape index (κ2) is 9.94. The van der Waals surface area contributed by atoms with Crippen LogP contribution in [0.1, 0.15) is 5.56 Å². The van der Waals surface area contributed by atoms with Crippen LogP contribution in [0.2, 0.25) is 5.02 Å². The molecular formula is C25H21ClN2O3S. The lowest BCUT2D eigenvalue weighted by Crippen LogP contribution is -2.32. The lowest BCUT2D eigenvalue weighted by Gasteiger charge is -2.19. The Morgan fingerprint density at radius 1 is 0.938 bits per heavy atom. The van der Waals surface area contributed by atoms with Gasteiger partial charge in [0.2, 0.25) is 0 Å². The zero-order valence-corrected chi connectivity index (χ0v) is 19.0. The maximum absolute atomic E-state index is 12.7. The van der Waals surface area contributed by atoms with Gasteiger partial charge in [-0.05, 0) is 59.8 Å². The molecule has 3 aromatic rings. The molecule has 1 fully saturated rings. The number of rotatable bonds is 7. The van der Waals surface area contributed by atoms with E-state index in [-0.39, 0.29) is 24.3 Å². The largest absolute Gasteiger partial charge is 0.490 e. The van der Waals surface area contributed by atoms with E-state index in [2.05, 4.69) is 4.90 Å². The molecule has 1 aliphatic heterocycles. The van der Waals surface area contributed by atoms with Crippen molar-refractivity contribution < 1.29 is 14.3 Å². The number of amides is 2. The number of hydrogen-bond donors (Lipinski definition) is 0. The third-order valence-corrected chi connectivity index (χ3v) is 6.22. The Morgan fingerprint density at radius 2 is 1.59 bits per heavy atom. The van der Waals surface area contributed by atoms with Gasteiger partial charge < -0.3 is 9.64 Å². The Labute approximate surface area is 196 Å². The van der Waals surface area contributed by atoms with Crippen LogP contribution in [0.15, 0.2) is 83.8 Å². The molecule has 0 unspecified atom stereocenters. The number of hydrogen-bond acceptors (Lipinski definition) is 5. The molecule has 7 heteroatoms. The van der Waals surface area contributed by atoms with Crippen molar-refractivity contribution in [2.24, 2.45) is 0 Å². The first-order valence-electron chi connectivity index (χ1n) is 10.0. The molecule has 2 amide bonds. The number of anilines is 2. The quantitative estimate of drug-likeness (QED) is 0.388. The number of ether oxygens (including phenoxy) is 1. The number of nitrogens with zero attached hydrogens (tertiary/aromatic N) is 2. The predicted octanol–water partition coefficient (Wildman–Crippen LogP) is 6.22. The van der Waals surface area contributed by atoms with Crippen molar-refractivity contribution in [3.05, 3.63) is 94.4 Å². The summed E-state index contributed by atoms with van der Waals surface area (Å²) in [5.41, 5.74) is 2.96. The molecule has 3 aromatic carbocycles. The van der Waals surface area contributed by atoms with Crippen molar-refractivity contribution in [1.82, 2.24) is 4.90 Å². The second-order valence-corrected chi connectivity index (χ2v) is 8.50. The minimum absolute atomic E-state index is 0.161. The minimum atomic E-state index is -0.312. The van der Waals surface area contributed by atoms with Crippen molar-refractivity contribution in [1.29, 1.82) is 0 Å². The normalized spacial score (nSPS) is 14.8. The van der Waals surface area contributed by atoms with Crippen LogP contribution in [0.25, 0.3) is 6.08 Å². The van der Waals surface area contributed by atoms with Crippen LogP contribution in [0.5, 0.6) is 5.75 Å². The zero-order chi connectivity index (χ0) is 22.5.